The van der Waals surface area contributed by atoms with Crippen molar-refractivity contribution in [3.05, 3.63) is 217 Å². The van der Waals surface area contributed by atoms with Crippen molar-refractivity contribution in [3.63, 3.8) is 0 Å². The summed E-state index contributed by atoms with van der Waals surface area (Å²) in [6, 6.07) is 53.5. The highest BCUT2D eigenvalue weighted by Gasteiger charge is 2.27. The van der Waals surface area contributed by atoms with Crippen LogP contribution in [0.3, 0.4) is 0 Å². The summed E-state index contributed by atoms with van der Waals surface area (Å²) in [6.45, 7) is 8.68. The summed E-state index contributed by atoms with van der Waals surface area (Å²) in [7, 11) is 0. The number of hydrogen-bond acceptors (Lipinski definition) is 2. The molecule has 0 fully saturated rings. The van der Waals surface area contributed by atoms with Gasteiger partial charge in [0.1, 0.15) is 18.2 Å². The molecule has 5 nitrogen and oxygen atoms in total. The van der Waals surface area contributed by atoms with Gasteiger partial charge in [-0.05, 0) is 86.4 Å². The topological polar surface area (TPSA) is 64.9 Å². The monoisotopic (exact) mass is 760 g/mol. The molecule has 0 radical (unpaired) electrons. The first-order valence-corrected chi connectivity index (χ1v) is 19.8. The lowest BCUT2D eigenvalue weighted by atomic mass is 9.87. The van der Waals surface area contributed by atoms with Gasteiger partial charge in [-0.15, -0.1) is 0 Å². The van der Waals surface area contributed by atoms with Crippen molar-refractivity contribution in [2.24, 2.45) is 15.7 Å². The molecule has 2 N–H and O–H groups in total. The third-order valence-corrected chi connectivity index (χ3v) is 11.2. The fourth-order valence-corrected chi connectivity index (χ4v) is 8.41. The molecule has 2 heterocycles. The average molecular weight is 761 g/mol. The largest absolute Gasteiger partial charge is 0.488 e. The summed E-state index contributed by atoms with van der Waals surface area (Å²) in [4.78, 5) is 10.2. The van der Waals surface area contributed by atoms with Crippen LogP contribution in [0.2, 0.25) is 0 Å². The van der Waals surface area contributed by atoms with Crippen molar-refractivity contribution in [1.82, 2.24) is 4.57 Å². The van der Waals surface area contributed by atoms with Gasteiger partial charge in [0.2, 0.25) is 0 Å². The van der Waals surface area contributed by atoms with Gasteiger partial charge in [-0.2, -0.15) is 0 Å². The van der Waals surface area contributed by atoms with Crippen LogP contribution in [0.5, 0.6) is 5.75 Å². The van der Waals surface area contributed by atoms with Crippen molar-refractivity contribution in [2.45, 2.75) is 6.61 Å². The normalized spacial score (nSPS) is 13.2. The molecule has 0 saturated carbocycles. The predicted molar refractivity (Wildman–Crippen MR) is 249 cm³/mol. The molecule has 0 unspecified atom stereocenters. The first-order chi connectivity index (χ1) is 29.0. The van der Waals surface area contributed by atoms with E-state index in [2.05, 4.69) is 139 Å². The summed E-state index contributed by atoms with van der Waals surface area (Å²) in [5, 5.41) is 9.43. The molecule has 8 aromatic carbocycles. The minimum Gasteiger partial charge on any atom is -0.488 e. The van der Waals surface area contributed by atoms with E-state index < -0.39 is 0 Å². The number of nitrogens with zero attached hydrogens (tertiary/aromatic N) is 3. The van der Waals surface area contributed by atoms with Crippen LogP contribution in [0.25, 0.3) is 70.9 Å². The fraction of sp³-hybridized carbons (Fsp3) is 0.0370. The molecular weight excluding hydrogens is 721 g/mol. The van der Waals surface area contributed by atoms with Gasteiger partial charge in [0.05, 0.1) is 17.6 Å². The van der Waals surface area contributed by atoms with Crippen LogP contribution < -0.4 is 10.5 Å². The lowest BCUT2D eigenvalue weighted by Gasteiger charge is -2.26. The average Bonchev–Trinajstić information content (AvgIpc) is 3.58. The van der Waals surface area contributed by atoms with Crippen LogP contribution >= 0.6 is 0 Å². The third-order valence-electron chi connectivity index (χ3n) is 11.2. The minimum atomic E-state index is 0.371. The van der Waals surface area contributed by atoms with E-state index in [1.807, 2.05) is 54.6 Å². The second kappa shape index (κ2) is 15.0. The Kier molecular flexibility index (Phi) is 9.04. The molecule has 9 aromatic rings. The SMILES string of the molecule is C=C/C=C\C(=C)/C=C\C/N=C(\N=C(/N)c1ccccc1)c1cc2ccccc2c2c1-c1cc(-n3c4cc5ccccc5cc4c4cc5ccccc5cc43)ccc1OC2. The highest BCUT2D eigenvalue weighted by Crippen LogP contribution is 2.46. The molecule has 0 saturated heterocycles. The molecule has 0 amide bonds. The van der Waals surface area contributed by atoms with E-state index in [-0.39, 0.29) is 0 Å². The Balaban J connectivity index is 1.22. The Morgan fingerprint density at radius 1 is 0.678 bits per heavy atom. The zero-order valence-corrected chi connectivity index (χ0v) is 32.5. The molecule has 282 valence electrons. The Bertz CT molecular complexity index is 3200. The van der Waals surface area contributed by atoms with Gasteiger partial charge in [0.25, 0.3) is 0 Å². The lowest BCUT2D eigenvalue weighted by molar-refractivity contribution is 0.304. The standard InChI is InChI=1S/C54H40N4O/c1-3-4-15-35(2)16-14-27-56-54(57-53(55)36-17-6-5-7-18-36)47-30-41-23-12-13-24-43(41)48-34-59-51-26-25-42(33-46(51)52(47)48)58-49-31-39-21-10-8-19-37(39)28-44(49)45-29-38-20-9-11-22-40(38)32-50(45)58/h3-26,28-33H,1-2,27,34H2,(H2,55,56,57)/b15-4-,16-14-. The minimum absolute atomic E-state index is 0.371. The van der Waals surface area contributed by atoms with Gasteiger partial charge in [-0.3, -0.25) is 4.99 Å². The van der Waals surface area contributed by atoms with Crippen LogP contribution in [-0.4, -0.2) is 22.8 Å². The highest BCUT2D eigenvalue weighted by atomic mass is 16.5. The Morgan fingerprint density at radius 3 is 1.98 bits per heavy atom. The number of aromatic nitrogens is 1. The van der Waals surface area contributed by atoms with Crippen molar-refractivity contribution < 1.29 is 4.74 Å². The summed E-state index contributed by atoms with van der Waals surface area (Å²) in [6.07, 6.45) is 9.45. The zero-order chi connectivity index (χ0) is 39.9. The van der Waals surface area contributed by atoms with Crippen molar-refractivity contribution in [1.29, 1.82) is 0 Å². The van der Waals surface area contributed by atoms with Crippen LogP contribution in [-0.2, 0) is 6.61 Å². The van der Waals surface area contributed by atoms with E-state index in [1.165, 1.54) is 32.3 Å². The summed E-state index contributed by atoms with van der Waals surface area (Å²) in [5.74, 6) is 1.73. The maximum absolute atomic E-state index is 6.79. The van der Waals surface area contributed by atoms with E-state index >= 15 is 0 Å². The zero-order valence-electron chi connectivity index (χ0n) is 32.5. The number of allylic oxidation sites excluding steroid dienone is 5. The van der Waals surface area contributed by atoms with Gasteiger partial charge in [-0.1, -0.05) is 147 Å². The molecule has 0 aliphatic carbocycles. The number of fused-ring (bicyclic) bond motifs is 10. The Hall–Kier alpha value is -7.76. The maximum atomic E-state index is 6.79. The Labute approximate surface area is 342 Å². The second-order valence-corrected chi connectivity index (χ2v) is 14.8. The van der Waals surface area contributed by atoms with E-state index in [1.54, 1.807) is 6.08 Å². The molecular formula is C54H40N4O. The van der Waals surface area contributed by atoms with E-state index in [0.717, 1.165) is 66.6 Å². The fourth-order valence-electron chi connectivity index (χ4n) is 8.41. The van der Waals surface area contributed by atoms with Gasteiger partial charge in [0.15, 0.2) is 5.84 Å². The van der Waals surface area contributed by atoms with Gasteiger partial charge >= 0.3 is 0 Å². The molecule has 1 aliphatic rings. The first kappa shape index (κ1) is 35.6. The molecule has 0 bridgehead atoms. The summed E-state index contributed by atoms with van der Waals surface area (Å²) >= 11 is 0. The highest BCUT2D eigenvalue weighted by molar-refractivity contribution is 6.18. The van der Waals surface area contributed by atoms with Crippen molar-refractivity contribution in [2.75, 3.05) is 6.54 Å². The number of aliphatic imine (C=N–C) groups is 2. The number of amidine groups is 2. The van der Waals surface area contributed by atoms with Crippen LogP contribution in [0.4, 0.5) is 0 Å². The van der Waals surface area contributed by atoms with Gasteiger partial charge in [0, 0.05) is 44.3 Å². The van der Waals surface area contributed by atoms with Crippen molar-refractivity contribution in [3.8, 4) is 22.6 Å². The smallest absolute Gasteiger partial charge is 0.157 e. The molecule has 5 heteroatoms. The quantitative estimate of drug-likeness (QED) is 0.0952. The molecule has 0 spiro atoms. The van der Waals surface area contributed by atoms with E-state index in [9.17, 15) is 0 Å². The number of benzene rings is 8. The molecule has 59 heavy (non-hydrogen) atoms. The van der Waals surface area contributed by atoms with Crippen LogP contribution in [0.15, 0.2) is 211 Å². The number of nitrogens with two attached hydrogens (primary N) is 1. The number of hydrogen-bond donors (Lipinski definition) is 1. The molecule has 0 atom stereocenters. The molecule has 1 aliphatic heterocycles. The van der Waals surface area contributed by atoms with Gasteiger partial charge < -0.3 is 15.0 Å². The molecule has 1 aromatic heterocycles. The van der Waals surface area contributed by atoms with Crippen molar-refractivity contribution >= 4 is 65.8 Å². The molecule has 10 rings (SSSR count). The first-order valence-electron chi connectivity index (χ1n) is 19.8. The maximum Gasteiger partial charge on any atom is 0.157 e. The van der Waals surface area contributed by atoms with E-state index in [0.29, 0.717) is 24.8 Å². The van der Waals surface area contributed by atoms with Gasteiger partial charge in [-0.25, -0.2) is 4.99 Å². The summed E-state index contributed by atoms with van der Waals surface area (Å²) in [5.41, 5.74) is 15.8. The second-order valence-electron chi connectivity index (χ2n) is 14.8. The summed E-state index contributed by atoms with van der Waals surface area (Å²) < 4.78 is 9.02. The lowest BCUT2D eigenvalue weighted by Crippen LogP contribution is -2.18. The van der Waals surface area contributed by atoms with E-state index in [4.69, 9.17) is 20.5 Å². The van der Waals surface area contributed by atoms with Crippen LogP contribution in [0, 0.1) is 0 Å². The van der Waals surface area contributed by atoms with Crippen LogP contribution in [0.1, 0.15) is 16.7 Å². The predicted octanol–water partition coefficient (Wildman–Crippen LogP) is 12.8. The third kappa shape index (κ3) is 6.49. The Morgan fingerprint density at radius 2 is 1.31 bits per heavy atom. The number of ether oxygens (including phenoxy) is 1. The number of rotatable bonds is 8.